The molecule has 1 N–H and O–H groups in total. The molecule has 0 aromatic carbocycles. The highest BCUT2D eigenvalue weighted by Crippen LogP contribution is 2.31. The van der Waals surface area contributed by atoms with Crippen LogP contribution in [0.25, 0.3) is 11.5 Å². The number of hydrogen-bond donors (Lipinski definition) is 1. The van der Waals surface area contributed by atoms with E-state index in [0.717, 1.165) is 71.7 Å². The summed E-state index contributed by atoms with van der Waals surface area (Å²) >= 11 is 0. The number of imidazole rings is 1. The highest BCUT2D eigenvalue weighted by molar-refractivity contribution is 5.74. The van der Waals surface area contributed by atoms with E-state index in [-0.39, 0.29) is 0 Å². The predicted molar refractivity (Wildman–Crippen MR) is 140 cm³/mol. The van der Waals surface area contributed by atoms with E-state index in [9.17, 15) is 0 Å². The Balaban J connectivity index is 1.18. The zero-order chi connectivity index (χ0) is 25.4. The molecule has 0 spiro atoms. The Kier molecular flexibility index (Phi) is 5.95. The van der Waals surface area contributed by atoms with Crippen LogP contribution in [0.15, 0.2) is 55.6 Å². The first kappa shape index (κ1) is 23.0. The molecule has 6 rings (SSSR count). The maximum Gasteiger partial charge on any atom is 0.225 e. The largest absolute Gasteiger partial charge is 0.351 e. The molecule has 1 aliphatic rings. The summed E-state index contributed by atoms with van der Waals surface area (Å²) in [4.78, 5) is 24.9. The zero-order valence-corrected chi connectivity index (χ0v) is 21.2. The summed E-state index contributed by atoms with van der Waals surface area (Å²) in [5, 5.41) is 12.3. The smallest absolute Gasteiger partial charge is 0.225 e. The van der Waals surface area contributed by atoms with Crippen molar-refractivity contribution in [2.75, 3.05) is 23.3 Å². The molecule has 0 amide bonds. The molecule has 0 bridgehead atoms. The minimum Gasteiger partial charge on any atom is -0.351 e. The van der Waals surface area contributed by atoms with E-state index in [2.05, 4.69) is 54.2 Å². The molecule has 6 heterocycles. The number of aromatic nitrogens is 9. The first-order valence-electron chi connectivity index (χ1n) is 12.6. The maximum absolute atomic E-state index is 4.74. The highest BCUT2D eigenvalue weighted by Gasteiger charge is 2.25. The van der Waals surface area contributed by atoms with Crippen molar-refractivity contribution in [1.82, 2.24) is 44.3 Å². The molecule has 0 saturated carbocycles. The molecule has 37 heavy (non-hydrogen) atoms. The van der Waals surface area contributed by atoms with Crippen LogP contribution in [0.1, 0.15) is 55.5 Å². The second kappa shape index (κ2) is 9.57. The molecule has 1 aliphatic heterocycles. The second-order valence-electron chi connectivity index (χ2n) is 9.66. The Labute approximate surface area is 214 Å². The van der Waals surface area contributed by atoms with Crippen molar-refractivity contribution in [2.45, 2.75) is 45.4 Å². The van der Waals surface area contributed by atoms with Crippen molar-refractivity contribution < 1.29 is 0 Å². The van der Waals surface area contributed by atoms with E-state index < -0.39 is 0 Å². The van der Waals surface area contributed by atoms with Crippen molar-refractivity contribution in [3.05, 3.63) is 72.6 Å². The number of piperidine rings is 1. The van der Waals surface area contributed by atoms with Gasteiger partial charge in [-0.2, -0.15) is 10.2 Å². The van der Waals surface area contributed by atoms with Gasteiger partial charge in [0.15, 0.2) is 11.5 Å². The standard InChI is InChI=1S/C26H29N11/c1-17(2)20-12-29-26(30-13-20)35-10-7-19(8-11-35)23-14-28-25-22(6-9-31-37(23)25)34-21-4-5-24(33-18(21)3)36-16-27-15-32-36/h4-6,9,12-17,19,34H,7-8,10-11H2,1-3H3. The molecule has 1 fully saturated rings. The number of rotatable bonds is 6. The fourth-order valence-electron chi connectivity index (χ4n) is 4.74. The molecule has 188 valence electrons. The third-order valence-electron chi connectivity index (χ3n) is 6.94. The molecule has 0 unspecified atom stereocenters. The van der Waals surface area contributed by atoms with Gasteiger partial charge in [0, 0.05) is 31.4 Å². The van der Waals surface area contributed by atoms with E-state index in [1.54, 1.807) is 11.0 Å². The first-order chi connectivity index (χ1) is 18.1. The molecule has 0 atom stereocenters. The van der Waals surface area contributed by atoms with Gasteiger partial charge in [0.1, 0.15) is 12.7 Å². The van der Waals surface area contributed by atoms with Gasteiger partial charge < -0.3 is 10.2 Å². The SMILES string of the molecule is Cc1nc(-n2cncn2)ccc1Nc1ccnn2c(C3CCN(c4ncc(C(C)C)cn4)CC3)cnc12. The lowest BCUT2D eigenvalue weighted by Gasteiger charge is -2.31. The normalized spacial score (nSPS) is 14.5. The number of hydrogen-bond acceptors (Lipinski definition) is 9. The van der Waals surface area contributed by atoms with Gasteiger partial charge in [0.05, 0.1) is 35.2 Å². The van der Waals surface area contributed by atoms with E-state index in [0.29, 0.717) is 11.8 Å². The second-order valence-corrected chi connectivity index (χ2v) is 9.66. The Morgan fingerprint density at radius 1 is 0.946 bits per heavy atom. The van der Waals surface area contributed by atoms with Gasteiger partial charge in [-0.05, 0) is 49.4 Å². The lowest BCUT2D eigenvalue weighted by molar-refractivity contribution is 0.483. The third kappa shape index (κ3) is 4.48. The van der Waals surface area contributed by atoms with E-state index >= 15 is 0 Å². The molecule has 11 heteroatoms. The zero-order valence-electron chi connectivity index (χ0n) is 21.2. The van der Waals surface area contributed by atoms with Crippen molar-refractivity contribution in [3.8, 4) is 5.82 Å². The highest BCUT2D eigenvalue weighted by atomic mass is 15.3. The summed E-state index contributed by atoms with van der Waals surface area (Å²) in [5.41, 5.74) is 5.73. The number of nitrogens with zero attached hydrogens (tertiary/aromatic N) is 10. The molecule has 5 aromatic rings. The summed E-state index contributed by atoms with van der Waals surface area (Å²) in [6.45, 7) is 8.08. The van der Waals surface area contributed by atoms with Crippen LogP contribution in [0, 0.1) is 6.92 Å². The topological polar surface area (TPSA) is 115 Å². The van der Waals surface area contributed by atoms with E-state index in [1.807, 2.05) is 54.4 Å². The summed E-state index contributed by atoms with van der Waals surface area (Å²) in [7, 11) is 0. The third-order valence-corrected chi connectivity index (χ3v) is 6.94. The lowest BCUT2D eigenvalue weighted by atomic mass is 9.94. The number of aryl methyl sites for hydroxylation is 1. The van der Waals surface area contributed by atoms with Crippen LogP contribution in [0.3, 0.4) is 0 Å². The van der Waals surface area contributed by atoms with Crippen LogP contribution in [0.4, 0.5) is 17.3 Å². The van der Waals surface area contributed by atoms with Gasteiger partial charge in [-0.15, -0.1) is 0 Å². The minimum absolute atomic E-state index is 0.370. The van der Waals surface area contributed by atoms with Crippen molar-refractivity contribution in [2.24, 2.45) is 0 Å². The average Bonchev–Trinajstić information content (AvgIpc) is 3.61. The van der Waals surface area contributed by atoms with E-state index in [4.69, 9.17) is 4.98 Å². The molecule has 0 radical (unpaired) electrons. The summed E-state index contributed by atoms with van der Waals surface area (Å²) < 4.78 is 3.60. The Hall–Kier alpha value is -4.41. The maximum atomic E-state index is 4.74. The number of nitrogens with one attached hydrogen (secondary N) is 1. The van der Waals surface area contributed by atoms with Crippen molar-refractivity contribution in [3.63, 3.8) is 0 Å². The van der Waals surface area contributed by atoms with Crippen LogP contribution >= 0.6 is 0 Å². The fraction of sp³-hybridized carbons (Fsp3) is 0.346. The first-order valence-corrected chi connectivity index (χ1v) is 12.6. The Bertz CT molecular complexity index is 1500. The monoisotopic (exact) mass is 495 g/mol. The van der Waals surface area contributed by atoms with Gasteiger partial charge in [-0.1, -0.05) is 13.8 Å². The number of anilines is 3. The van der Waals surface area contributed by atoms with Crippen molar-refractivity contribution >= 4 is 23.0 Å². The molecule has 1 saturated heterocycles. The summed E-state index contributed by atoms with van der Waals surface area (Å²) in [5.74, 6) is 2.33. The molecule has 11 nitrogen and oxygen atoms in total. The van der Waals surface area contributed by atoms with Crippen LogP contribution in [0.5, 0.6) is 0 Å². The Morgan fingerprint density at radius 3 is 2.46 bits per heavy atom. The number of fused-ring (bicyclic) bond motifs is 1. The van der Waals surface area contributed by atoms with Crippen LogP contribution in [-0.4, -0.2) is 57.4 Å². The fourth-order valence-corrected chi connectivity index (χ4v) is 4.74. The van der Waals surface area contributed by atoms with Crippen molar-refractivity contribution in [1.29, 1.82) is 0 Å². The Morgan fingerprint density at radius 2 is 1.76 bits per heavy atom. The van der Waals surface area contributed by atoms with Crippen LogP contribution in [0.2, 0.25) is 0 Å². The molecule has 5 aromatic heterocycles. The average molecular weight is 496 g/mol. The molecule has 0 aliphatic carbocycles. The van der Waals surface area contributed by atoms with Gasteiger partial charge in [-0.25, -0.2) is 34.1 Å². The number of pyridine rings is 1. The van der Waals surface area contributed by atoms with E-state index in [1.165, 1.54) is 6.33 Å². The van der Waals surface area contributed by atoms with Gasteiger partial charge >= 0.3 is 0 Å². The van der Waals surface area contributed by atoms with Gasteiger partial charge in [0.2, 0.25) is 5.95 Å². The van der Waals surface area contributed by atoms with Crippen LogP contribution < -0.4 is 10.2 Å². The van der Waals surface area contributed by atoms with Gasteiger partial charge in [0.25, 0.3) is 0 Å². The lowest BCUT2D eigenvalue weighted by Crippen LogP contribution is -2.34. The summed E-state index contributed by atoms with van der Waals surface area (Å²) in [6.07, 6.45) is 12.8. The summed E-state index contributed by atoms with van der Waals surface area (Å²) in [6, 6.07) is 5.84. The van der Waals surface area contributed by atoms with Gasteiger partial charge in [-0.3, -0.25) is 0 Å². The van der Waals surface area contributed by atoms with Crippen LogP contribution in [-0.2, 0) is 0 Å². The quantitative estimate of drug-likeness (QED) is 0.372. The molecular formula is C26H29N11. The predicted octanol–water partition coefficient (Wildman–Crippen LogP) is 4.05. The minimum atomic E-state index is 0.370. The molecular weight excluding hydrogens is 466 g/mol.